The fourth-order valence-electron chi connectivity index (χ4n) is 2.27. The van der Waals surface area contributed by atoms with E-state index >= 15 is 0 Å². The minimum atomic E-state index is 0.263. The molecule has 4 heteroatoms. The highest BCUT2D eigenvalue weighted by Gasteiger charge is 2.22. The van der Waals surface area contributed by atoms with Crippen LogP contribution in [-0.4, -0.2) is 45.5 Å². The van der Waals surface area contributed by atoms with Crippen LogP contribution in [0.1, 0.15) is 12.5 Å². The maximum Gasteiger partial charge on any atom is 0.123 e. The van der Waals surface area contributed by atoms with Crippen molar-refractivity contribution in [1.29, 1.82) is 0 Å². The highest BCUT2D eigenvalue weighted by Crippen LogP contribution is 2.27. The molecule has 1 aliphatic rings. The molecular weight excluding hydrogens is 240 g/mol. The Balaban J connectivity index is 1.62. The number of para-hydroxylation sites is 1. The quantitative estimate of drug-likeness (QED) is 0.693. The van der Waals surface area contributed by atoms with Gasteiger partial charge in [0.15, 0.2) is 0 Å². The van der Waals surface area contributed by atoms with Gasteiger partial charge in [-0.2, -0.15) is 0 Å². The zero-order valence-electron chi connectivity index (χ0n) is 11.8. The predicted octanol–water partition coefficient (Wildman–Crippen LogP) is 1.20. The molecule has 0 bridgehead atoms. The zero-order chi connectivity index (χ0) is 13.5. The molecule has 0 radical (unpaired) electrons. The third kappa shape index (κ3) is 4.49. The van der Waals surface area contributed by atoms with Crippen LogP contribution in [0.5, 0.6) is 5.75 Å². The van der Waals surface area contributed by atoms with Crippen molar-refractivity contribution in [2.24, 2.45) is 0 Å². The molecule has 0 aliphatic carbocycles. The molecule has 0 spiro atoms. The number of hydrogen-bond donors (Lipinski definition) is 2. The van der Waals surface area contributed by atoms with Gasteiger partial charge in [0.25, 0.3) is 0 Å². The molecule has 2 N–H and O–H groups in total. The summed E-state index contributed by atoms with van der Waals surface area (Å²) < 4.78 is 10.9. The first kappa shape index (κ1) is 14.3. The van der Waals surface area contributed by atoms with Crippen molar-refractivity contribution in [2.45, 2.75) is 25.5 Å². The Labute approximate surface area is 115 Å². The predicted molar refractivity (Wildman–Crippen MR) is 76.8 cm³/mol. The van der Waals surface area contributed by atoms with Crippen LogP contribution in [0.25, 0.3) is 0 Å². The highest BCUT2D eigenvalue weighted by molar-refractivity contribution is 5.37. The lowest BCUT2D eigenvalue weighted by atomic mass is 10.1. The molecule has 2 atom stereocenters. The Morgan fingerprint density at radius 2 is 2.26 bits per heavy atom. The fourth-order valence-corrected chi connectivity index (χ4v) is 2.27. The molecule has 0 saturated carbocycles. The van der Waals surface area contributed by atoms with E-state index in [2.05, 4.69) is 29.7 Å². The summed E-state index contributed by atoms with van der Waals surface area (Å²) >= 11 is 0. The SMILES string of the molecule is COCCNCC(C)NCC1Cc2ccccc2O1. The van der Waals surface area contributed by atoms with Crippen LogP contribution in [0.3, 0.4) is 0 Å². The Hall–Kier alpha value is -1.10. The van der Waals surface area contributed by atoms with Crippen molar-refractivity contribution < 1.29 is 9.47 Å². The van der Waals surface area contributed by atoms with E-state index in [0.717, 1.165) is 38.4 Å². The molecule has 1 aromatic carbocycles. The van der Waals surface area contributed by atoms with Gasteiger partial charge in [0.05, 0.1) is 6.61 Å². The second kappa shape index (κ2) is 7.48. The summed E-state index contributed by atoms with van der Waals surface area (Å²) in [4.78, 5) is 0. The number of rotatable bonds is 8. The second-order valence-corrected chi connectivity index (χ2v) is 5.06. The van der Waals surface area contributed by atoms with E-state index in [-0.39, 0.29) is 6.10 Å². The van der Waals surface area contributed by atoms with Gasteiger partial charge in [-0.05, 0) is 18.6 Å². The van der Waals surface area contributed by atoms with Crippen molar-refractivity contribution >= 4 is 0 Å². The summed E-state index contributed by atoms with van der Waals surface area (Å²) in [6.07, 6.45) is 1.27. The lowest BCUT2D eigenvalue weighted by molar-refractivity contribution is 0.197. The average Bonchev–Trinajstić information content (AvgIpc) is 2.84. The van der Waals surface area contributed by atoms with E-state index in [0.29, 0.717) is 6.04 Å². The monoisotopic (exact) mass is 264 g/mol. The van der Waals surface area contributed by atoms with Gasteiger partial charge in [0.1, 0.15) is 11.9 Å². The van der Waals surface area contributed by atoms with Gasteiger partial charge in [0, 0.05) is 39.2 Å². The molecule has 106 valence electrons. The normalized spacial score (nSPS) is 18.9. The fraction of sp³-hybridized carbons (Fsp3) is 0.600. The third-order valence-corrected chi connectivity index (χ3v) is 3.34. The number of hydrogen-bond acceptors (Lipinski definition) is 4. The van der Waals surface area contributed by atoms with Crippen molar-refractivity contribution in [3.8, 4) is 5.75 Å². The zero-order valence-corrected chi connectivity index (χ0v) is 11.8. The maximum atomic E-state index is 5.90. The number of fused-ring (bicyclic) bond motifs is 1. The minimum absolute atomic E-state index is 0.263. The molecule has 1 heterocycles. The molecule has 1 aromatic rings. The summed E-state index contributed by atoms with van der Waals surface area (Å²) in [5, 5.41) is 6.86. The third-order valence-electron chi connectivity index (χ3n) is 3.34. The van der Waals surface area contributed by atoms with Crippen LogP contribution in [0.4, 0.5) is 0 Å². The Morgan fingerprint density at radius 1 is 1.42 bits per heavy atom. The minimum Gasteiger partial charge on any atom is -0.488 e. The largest absolute Gasteiger partial charge is 0.488 e. The summed E-state index contributed by atoms with van der Waals surface area (Å²) in [6, 6.07) is 8.72. The molecule has 0 saturated heterocycles. The first-order valence-corrected chi connectivity index (χ1v) is 6.97. The smallest absolute Gasteiger partial charge is 0.123 e. The number of ether oxygens (including phenoxy) is 2. The maximum absolute atomic E-state index is 5.90. The molecule has 2 rings (SSSR count). The van der Waals surface area contributed by atoms with Gasteiger partial charge < -0.3 is 20.1 Å². The van der Waals surface area contributed by atoms with Gasteiger partial charge in [-0.1, -0.05) is 18.2 Å². The van der Waals surface area contributed by atoms with Crippen LogP contribution in [0.15, 0.2) is 24.3 Å². The molecule has 1 aliphatic heterocycles. The van der Waals surface area contributed by atoms with Gasteiger partial charge in [0.2, 0.25) is 0 Å². The Morgan fingerprint density at radius 3 is 3.05 bits per heavy atom. The molecule has 19 heavy (non-hydrogen) atoms. The first-order chi connectivity index (χ1) is 9.29. The van der Waals surface area contributed by atoms with Crippen molar-refractivity contribution in [3.05, 3.63) is 29.8 Å². The van der Waals surface area contributed by atoms with Crippen LogP contribution in [-0.2, 0) is 11.2 Å². The Bertz CT molecular complexity index is 359. The topological polar surface area (TPSA) is 42.5 Å². The van der Waals surface area contributed by atoms with E-state index in [4.69, 9.17) is 9.47 Å². The van der Waals surface area contributed by atoms with E-state index < -0.39 is 0 Å². The van der Waals surface area contributed by atoms with Gasteiger partial charge in [-0.25, -0.2) is 0 Å². The molecule has 0 aromatic heterocycles. The molecule has 0 amide bonds. The average molecular weight is 264 g/mol. The van der Waals surface area contributed by atoms with Gasteiger partial charge in [-0.3, -0.25) is 0 Å². The second-order valence-electron chi connectivity index (χ2n) is 5.06. The standard InChI is InChI=1S/C15H24N2O2/c1-12(10-16-7-8-18-2)17-11-14-9-13-5-3-4-6-15(13)19-14/h3-6,12,14,16-17H,7-11H2,1-2H3. The van der Waals surface area contributed by atoms with Crippen molar-refractivity contribution in [2.75, 3.05) is 33.4 Å². The molecule has 0 fully saturated rings. The van der Waals surface area contributed by atoms with Crippen molar-refractivity contribution in [3.63, 3.8) is 0 Å². The Kier molecular flexibility index (Phi) is 5.63. The lowest BCUT2D eigenvalue weighted by Gasteiger charge is -2.17. The summed E-state index contributed by atoms with van der Waals surface area (Å²) in [5.74, 6) is 1.04. The van der Waals surface area contributed by atoms with E-state index in [1.165, 1.54) is 5.56 Å². The number of benzene rings is 1. The van der Waals surface area contributed by atoms with E-state index in [1.807, 2.05) is 12.1 Å². The van der Waals surface area contributed by atoms with Crippen LogP contribution < -0.4 is 15.4 Å². The lowest BCUT2D eigenvalue weighted by Crippen LogP contribution is -2.41. The summed E-state index contributed by atoms with van der Waals surface area (Å²) in [7, 11) is 1.72. The first-order valence-electron chi connectivity index (χ1n) is 6.97. The van der Waals surface area contributed by atoms with Gasteiger partial charge >= 0.3 is 0 Å². The highest BCUT2D eigenvalue weighted by atomic mass is 16.5. The van der Waals surface area contributed by atoms with Crippen LogP contribution in [0.2, 0.25) is 0 Å². The molecule has 4 nitrogen and oxygen atoms in total. The number of nitrogens with one attached hydrogen (secondary N) is 2. The van der Waals surface area contributed by atoms with Crippen LogP contribution in [0, 0.1) is 0 Å². The van der Waals surface area contributed by atoms with E-state index in [1.54, 1.807) is 7.11 Å². The van der Waals surface area contributed by atoms with Crippen LogP contribution >= 0.6 is 0 Å². The van der Waals surface area contributed by atoms with Crippen molar-refractivity contribution in [1.82, 2.24) is 10.6 Å². The number of methoxy groups -OCH3 is 1. The summed E-state index contributed by atoms with van der Waals surface area (Å²) in [6.45, 7) is 5.67. The molecule has 2 unspecified atom stereocenters. The molecular formula is C15H24N2O2. The van der Waals surface area contributed by atoms with E-state index in [9.17, 15) is 0 Å². The van der Waals surface area contributed by atoms with Gasteiger partial charge in [-0.15, -0.1) is 0 Å². The summed E-state index contributed by atoms with van der Waals surface area (Å²) in [5.41, 5.74) is 1.32.